The van der Waals surface area contributed by atoms with Crippen LogP contribution in [-0.4, -0.2) is 10.9 Å². The number of hydrogen-bond acceptors (Lipinski definition) is 2. The van der Waals surface area contributed by atoms with Gasteiger partial charge in [-0.1, -0.05) is 25.9 Å². The Bertz CT molecular complexity index is 175. The van der Waals surface area contributed by atoms with Crippen LogP contribution in [0.2, 0.25) is 0 Å². The van der Waals surface area contributed by atoms with Gasteiger partial charge < -0.3 is 5.21 Å². The van der Waals surface area contributed by atoms with Crippen molar-refractivity contribution in [3.63, 3.8) is 0 Å². The molecule has 0 saturated heterocycles. The molecular weight excluding hydrogens is 150 g/mol. The van der Waals surface area contributed by atoms with E-state index >= 15 is 0 Å². The fourth-order valence-electron chi connectivity index (χ4n) is 1.91. The Hall–Kier alpha value is -0.530. The highest BCUT2D eigenvalue weighted by molar-refractivity contribution is 5.86. The van der Waals surface area contributed by atoms with Gasteiger partial charge in [0.1, 0.15) is 0 Å². The lowest BCUT2D eigenvalue weighted by molar-refractivity contribution is 0.285. The molecule has 0 bridgehead atoms. The molecule has 0 heterocycles. The van der Waals surface area contributed by atoms with Crippen LogP contribution in [0.5, 0.6) is 0 Å². The quantitative estimate of drug-likeness (QED) is 0.475. The first-order chi connectivity index (χ1) is 5.65. The molecule has 12 heavy (non-hydrogen) atoms. The Morgan fingerprint density at radius 3 is 2.58 bits per heavy atom. The molecule has 0 aliphatic heterocycles. The predicted molar refractivity (Wildman–Crippen MR) is 50.6 cm³/mol. The van der Waals surface area contributed by atoms with Crippen molar-refractivity contribution >= 4 is 5.71 Å². The summed E-state index contributed by atoms with van der Waals surface area (Å²) in [6.45, 7) is 6.64. The van der Waals surface area contributed by atoms with Gasteiger partial charge in [0.05, 0.1) is 5.71 Å². The Kier molecular flexibility index (Phi) is 3.12. The van der Waals surface area contributed by atoms with Gasteiger partial charge in [-0.25, -0.2) is 0 Å². The number of oxime groups is 1. The molecule has 2 atom stereocenters. The second kappa shape index (κ2) is 3.92. The van der Waals surface area contributed by atoms with Crippen molar-refractivity contribution in [3.8, 4) is 0 Å². The molecule has 70 valence electrons. The van der Waals surface area contributed by atoms with Crippen LogP contribution in [0.25, 0.3) is 0 Å². The van der Waals surface area contributed by atoms with Gasteiger partial charge in [0, 0.05) is 0 Å². The summed E-state index contributed by atoms with van der Waals surface area (Å²) in [5, 5.41) is 12.1. The molecule has 2 unspecified atom stereocenters. The SMILES string of the molecule is CC1CCC(C(C)C)C/C1=N/O. The molecule has 2 heteroatoms. The van der Waals surface area contributed by atoms with Gasteiger partial charge in [-0.3, -0.25) is 0 Å². The van der Waals surface area contributed by atoms with E-state index in [1.807, 2.05) is 0 Å². The fraction of sp³-hybridized carbons (Fsp3) is 0.900. The van der Waals surface area contributed by atoms with E-state index in [1.165, 1.54) is 12.8 Å². The maximum Gasteiger partial charge on any atom is 0.0601 e. The Balaban J connectivity index is 2.56. The van der Waals surface area contributed by atoms with Gasteiger partial charge >= 0.3 is 0 Å². The molecule has 1 aliphatic carbocycles. The fourth-order valence-corrected chi connectivity index (χ4v) is 1.91. The van der Waals surface area contributed by atoms with Gasteiger partial charge in [-0.05, 0) is 37.0 Å². The topological polar surface area (TPSA) is 32.6 Å². The summed E-state index contributed by atoms with van der Waals surface area (Å²) in [5.74, 6) is 1.94. The van der Waals surface area contributed by atoms with Crippen molar-refractivity contribution in [3.05, 3.63) is 0 Å². The summed E-state index contributed by atoms with van der Waals surface area (Å²) in [4.78, 5) is 0. The van der Waals surface area contributed by atoms with E-state index < -0.39 is 0 Å². The zero-order chi connectivity index (χ0) is 9.14. The summed E-state index contributed by atoms with van der Waals surface area (Å²) in [7, 11) is 0. The van der Waals surface area contributed by atoms with Crippen LogP contribution in [-0.2, 0) is 0 Å². The van der Waals surface area contributed by atoms with Gasteiger partial charge in [0.2, 0.25) is 0 Å². The Morgan fingerprint density at radius 1 is 1.42 bits per heavy atom. The molecule has 0 aromatic rings. The van der Waals surface area contributed by atoms with Crippen molar-refractivity contribution < 1.29 is 5.21 Å². The maximum atomic E-state index is 8.75. The molecule has 1 N–H and O–H groups in total. The standard InChI is InChI=1S/C10H19NO/c1-7(2)9-5-4-8(3)10(6-9)11-12/h7-9,12H,4-6H2,1-3H3/b11-10-. The van der Waals surface area contributed by atoms with Crippen LogP contribution in [0, 0.1) is 17.8 Å². The summed E-state index contributed by atoms with van der Waals surface area (Å²) in [6.07, 6.45) is 3.47. The highest BCUT2D eigenvalue weighted by atomic mass is 16.4. The lowest BCUT2D eigenvalue weighted by atomic mass is 9.76. The molecule has 1 fully saturated rings. The minimum absolute atomic E-state index is 0.491. The highest BCUT2D eigenvalue weighted by Crippen LogP contribution is 2.31. The summed E-state index contributed by atoms with van der Waals surface area (Å²) in [6, 6.07) is 0. The summed E-state index contributed by atoms with van der Waals surface area (Å²) < 4.78 is 0. The van der Waals surface area contributed by atoms with E-state index in [0.29, 0.717) is 11.8 Å². The van der Waals surface area contributed by atoms with Gasteiger partial charge in [-0.2, -0.15) is 0 Å². The van der Waals surface area contributed by atoms with Crippen molar-refractivity contribution in [1.29, 1.82) is 0 Å². The Morgan fingerprint density at radius 2 is 2.08 bits per heavy atom. The van der Waals surface area contributed by atoms with Crippen LogP contribution >= 0.6 is 0 Å². The van der Waals surface area contributed by atoms with E-state index in [4.69, 9.17) is 5.21 Å². The minimum Gasteiger partial charge on any atom is -0.411 e. The second-order valence-corrected chi connectivity index (χ2v) is 4.28. The average Bonchev–Trinajstić information content (AvgIpc) is 2.05. The lowest BCUT2D eigenvalue weighted by Crippen LogP contribution is -2.25. The van der Waals surface area contributed by atoms with Crippen LogP contribution in [0.1, 0.15) is 40.0 Å². The van der Waals surface area contributed by atoms with E-state index in [0.717, 1.165) is 18.1 Å². The third-order valence-corrected chi connectivity index (χ3v) is 3.08. The zero-order valence-corrected chi connectivity index (χ0v) is 8.25. The van der Waals surface area contributed by atoms with Crippen molar-refractivity contribution in [1.82, 2.24) is 0 Å². The van der Waals surface area contributed by atoms with Gasteiger partial charge in [0.25, 0.3) is 0 Å². The molecule has 0 aromatic carbocycles. The number of hydrogen-bond donors (Lipinski definition) is 1. The molecular formula is C10H19NO. The van der Waals surface area contributed by atoms with Crippen molar-refractivity contribution in [2.45, 2.75) is 40.0 Å². The van der Waals surface area contributed by atoms with E-state index in [1.54, 1.807) is 0 Å². The lowest BCUT2D eigenvalue weighted by Gasteiger charge is -2.29. The minimum atomic E-state index is 0.491. The van der Waals surface area contributed by atoms with Crippen LogP contribution < -0.4 is 0 Å². The number of rotatable bonds is 1. The van der Waals surface area contributed by atoms with E-state index in [-0.39, 0.29) is 0 Å². The molecule has 0 amide bonds. The Labute approximate surface area is 74.7 Å². The van der Waals surface area contributed by atoms with Crippen LogP contribution in [0.15, 0.2) is 5.16 Å². The summed E-state index contributed by atoms with van der Waals surface area (Å²) >= 11 is 0. The first-order valence-corrected chi connectivity index (χ1v) is 4.86. The molecule has 1 rings (SSSR count). The monoisotopic (exact) mass is 169 g/mol. The second-order valence-electron chi connectivity index (χ2n) is 4.28. The average molecular weight is 169 g/mol. The molecule has 0 radical (unpaired) electrons. The van der Waals surface area contributed by atoms with Crippen LogP contribution in [0.4, 0.5) is 0 Å². The van der Waals surface area contributed by atoms with Gasteiger partial charge in [0.15, 0.2) is 0 Å². The van der Waals surface area contributed by atoms with Crippen molar-refractivity contribution in [2.24, 2.45) is 22.9 Å². The van der Waals surface area contributed by atoms with Gasteiger partial charge in [-0.15, -0.1) is 0 Å². The highest BCUT2D eigenvalue weighted by Gasteiger charge is 2.25. The third-order valence-electron chi connectivity index (χ3n) is 3.08. The largest absolute Gasteiger partial charge is 0.411 e. The normalized spacial score (nSPS) is 34.5. The molecule has 0 spiro atoms. The zero-order valence-electron chi connectivity index (χ0n) is 8.25. The molecule has 0 aromatic heterocycles. The molecule has 1 aliphatic rings. The smallest absolute Gasteiger partial charge is 0.0601 e. The third kappa shape index (κ3) is 1.99. The molecule has 1 saturated carbocycles. The van der Waals surface area contributed by atoms with E-state index in [2.05, 4.69) is 25.9 Å². The van der Waals surface area contributed by atoms with E-state index in [9.17, 15) is 0 Å². The predicted octanol–water partition coefficient (Wildman–Crippen LogP) is 2.91. The molecule has 2 nitrogen and oxygen atoms in total. The maximum absolute atomic E-state index is 8.75. The van der Waals surface area contributed by atoms with Crippen LogP contribution in [0.3, 0.4) is 0 Å². The van der Waals surface area contributed by atoms with Crippen molar-refractivity contribution in [2.75, 3.05) is 0 Å². The first-order valence-electron chi connectivity index (χ1n) is 4.86. The number of nitrogens with zero attached hydrogens (tertiary/aromatic N) is 1. The first kappa shape index (κ1) is 9.56. The summed E-state index contributed by atoms with van der Waals surface area (Å²) in [5.41, 5.74) is 1.000.